The van der Waals surface area contributed by atoms with Crippen molar-refractivity contribution >= 4 is 28.8 Å². The number of aromatic nitrogens is 2. The van der Waals surface area contributed by atoms with Gasteiger partial charge in [-0.15, -0.1) is 0 Å². The number of aliphatic hydroxyl groups excluding tert-OH is 3. The second kappa shape index (κ2) is 12.4. The predicted molar refractivity (Wildman–Crippen MR) is 153 cm³/mol. The number of alkyl halides is 3. The molecule has 0 spiro atoms. The largest absolute Gasteiger partial charge is 0.490 e. The van der Waals surface area contributed by atoms with E-state index in [-0.39, 0.29) is 42.0 Å². The van der Waals surface area contributed by atoms with Crippen LogP contribution in [0.15, 0.2) is 29.1 Å². The van der Waals surface area contributed by atoms with Crippen LogP contribution >= 0.6 is 0 Å². The van der Waals surface area contributed by atoms with Crippen molar-refractivity contribution in [3.8, 4) is 17.1 Å². The first-order valence-electron chi connectivity index (χ1n) is 14.5. The molecule has 15 nitrogen and oxygen atoms in total. The number of pyridine rings is 2. The zero-order chi connectivity index (χ0) is 35.5. The van der Waals surface area contributed by atoms with Gasteiger partial charge in [0.1, 0.15) is 30.7 Å². The Morgan fingerprint density at radius 3 is 2.31 bits per heavy atom. The highest BCUT2D eigenvalue weighted by Gasteiger charge is 2.48. The number of carbonyl (C=O) groups excluding carboxylic acids is 1. The number of hydrogen-bond donors (Lipinski definition) is 6. The maximum atomic E-state index is 13.5. The van der Waals surface area contributed by atoms with Gasteiger partial charge in [0.05, 0.1) is 29.0 Å². The number of nitrogens with zero attached hydrogens (tertiary/aromatic N) is 2. The van der Waals surface area contributed by atoms with Crippen LogP contribution in [0.3, 0.4) is 0 Å². The monoisotopic (exact) mass is 682 g/mol. The maximum Gasteiger partial charge on any atom is 0.490 e. The Balaban J connectivity index is 0.000000582. The summed E-state index contributed by atoms with van der Waals surface area (Å²) in [6, 6.07) is 6.47. The quantitative estimate of drug-likeness (QED) is 0.158. The van der Waals surface area contributed by atoms with Gasteiger partial charge in [0.15, 0.2) is 11.7 Å². The first-order chi connectivity index (χ1) is 22.4. The number of cyclic esters (lactones) is 1. The molecule has 18 heteroatoms. The van der Waals surface area contributed by atoms with Crippen LogP contribution < -0.4 is 10.3 Å². The molecule has 0 aliphatic carbocycles. The number of benzene rings is 1. The number of halogens is 3. The molecule has 3 aliphatic heterocycles. The van der Waals surface area contributed by atoms with Crippen molar-refractivity contribution in [2.24, 2.45) is 0 Å². The van der Waals surface area contributed by atoms with E-state index in [0.29, 0.717) is 28.7 Å². The summed E-state index contributed by atoms with van der Waals surface area (Å²) in [5, 5.41) is 58.6. The molecular weight excluding hydrogens is 653 g/mol. The van der Waals surface area contributed by atoms with Gasteiger partial charge in [-0.3, -0.25) is 4.79 Å². The molecule has 3 aromatic rings. The summed E-state index contributed by atoms with van der Waals surface area (Å²) >= 11 is 0. The van der Waals surface area contributed by atoms with Crippen molar-refractivity contribution in [2.75, 3.05) is 0 Å². The minimum absolute atomic E-state index is 0.0331. The van der Waals surface area contributed by atoms with E-state index in [0.717, 1.165) is 11.1 Å². The third-order valence-corrected chi connectivity index (χ3v) is 8.44. The lowest BCUT2D eigenvalue weighted by Crippen LogP contribution is -2.61. The van der Waals surface area contributed by atoms with Gasteiger partial charge in [-0.25, -0.2) is 19.4 Å². The molecule has 0 saturated carbocycles. The van der Waals surface area contributed by atoms with Gasteiger partial charge in [0.2, 0.25) is 6.29 Å². The average molecular weight is 683 g/mol. The molecule has 5 heterocycles. The van der Waals surface area contributed by atoms with E-state index in [2.05, 4.69) is 0 Å². The molecule has 1 saturated heterocycles. The molecular formula is C30H29F3N2O13. The van der Waals surface area contributed by atoms with Crippen molar-refractivity contribution in [1.82, 2.24) is 9.55 Å². The fourth-order valence-electron chi connectivity index (χ4n) is 5.90. The van der Waals surface area contributed by atoms with E-state index in [1.54, 1.807) is 29.7 Å². The van der Waals surface area contributed by atoms with Gasteiger partial charge >= 0.3 is 24.1 Å². The van der Waals surface area contributed by atoms with Crippen molar-refractivity contribution in [1.29, 1.82) is 0 Å². The summed E-state index contributed by atoms with van der Waals surface area (Å²) in [6.07, 6.45) is -13.2. The van der Waals surface area contributed by atoms with Gasteiger partial charge in [-0.1, -0.05) is 13.8 Å². The van der Waals surface area contributed by atoms with Crippen LogP contribution in [-0.2, 0) is 49.0 Å². The van der Waals surface area contributed by atoms with Crippen LogP contribution in [-0.4, -0.2) is 95.0 Å². The zero-order valence-corrected chi connectivity index (χ0v) is 25.1. The summed E-state index contributed by atoms with van der Waals surface area (Å²) < 4.78 is 49.4. The number of aryl methyl sites for hydroxylation is 1. The Kier molecular flexibility index (Phi) is 8.99. The number of esters is 1. The Morgan fingerprint density at radius 1 is 1.06 bits per heavy atom. The fraction of sp³-hybridized carbons (Fsp3) is 0.433. The minimum Gasteiger partial charge on any atom is -0.479 e. The molecule has 258 valence electrons. The van der Waals surface area contributed by atoms with Gasteiger partial charge in [-0.05, 0) is 42.7 Å². The average Bonchev–Trinajstić information content (AvgIpc) is 3.40. The number of aliphatic carboxylic acids is 2. The molecule has 6 rings (SSSR count). The number of hydrogen-bond acceptors (Lipinski definition) is 12. The van der Waals surface area contributed by atoms with E-state index in [1.165, 1.54) is 6.07 Å². The highest BCUT2D eigenvalue weighted by atomic mass is 19.4. The third-order valence-electron chi connectivity index (χ3n) is 8.44. The Bertz CT molecular complexity index is 1880. The third kappa shape index (κ3) is 5.74. The highest BCUT2D eigenvalue weighted by Crippen LogP contribution is 2.41. The minimum atomic E-state index is -5.08. The second-order valence-corrected chi connectivity index (χ2v) is 11.2. The lowest BCUT2D eigenvalue weighted by Gasteiger charge is -2.38. The molecule has 0 radical (unpaired) electrons. The highest BCUT2D eigenvalue weighted by molar-refractivity contribution is 5.90. The SMILES string of the molecule is CCc1c2c(nc3ccc(O[C@@H]4O[C@H](C(=O)O)[C@@H](O)[C@H](O)[C@H]4O)cc13)-c1cc3c(c(=O)n1C2)COC(=O)[C@]3(O)CC.O=C(O)C(F)(F)F. The summed E-state index contributed by atoms with van der Waals surface area (Å²) in [5.41, 5.74) is 1.37. The maximum absolute atomic E-state index is 13.5. The van der Waals surface area contributed by atoms with Crippen LogP contribution in [0, 0.1) is 0 Å². The second-order valence-electron chi connectivity index (χ2n) is 11.2. The van der Waals surface area contributed by atoms with Crippen molar-refractivity contribution in [3.05, 3.63) is 56.9 Å². The van der Waals surface area contributed by atoms with Gasteiger partial charge < -0.3 is 49.4 Å². The smallest absolute Gasteiger partial charge is 0.479 e. The fourth-order valence-corrected chi connectivity index (χ4v) is 5.90. The Morgan fingerprint density at radius 2 is 1.73 bits per heavy atom. The molecule has 0 unspecified atom stereocenters. The number of fused-ring (bicyclic) bond motifs is 5. The number of carboxylic acids is 2. The van der Waals surface area contributed by atoms with Crippen molar-refractivity contribution in [3.63, 3.8) is 0 Å². The van der Waals surface area contributed by atoms with Gasteiger partial charge in [0.25, 0.3) is 5.56 Å². The zero-order valence-electron chi connectivity index (χ0n) is 25.1. The summed E-state index contributed by atoms with van der Waals surface area (Å²) in [6.45, 7) is 3.55. The first kappa shape index (κ1) is 34.7. The number of rotatable bonds is 5. The van der Waals surface area contributed by atoms with Crippen molar-refractivity contribution in [2.45, 2.75) is 82.3 Å². The van der Waals surface area contributed by atoms with Crippen LogP contribution in [0.2, 0.25) is 0 Å². The van der Waals surface area contributed by atoms with E-state index in [4.69, 9.17) is 29.1 Å². The lowest BCUT2D eigenvalue weighted by atomic mass is 9.86. The molecule has 0 bridgehead atoms. The number of carboxylic acid groups (broad SMARTS) is 2. The molecule has 1 aromatic carbocycles. The molecule has 0 amide bonds. The van der Waals surface area contributed by atoms with Crippen LogP contribution in [0.4, 0.5) is 13.2 Å². The molecule has 3 aliphatic rings. The van der Waals surface area contributed by atoms with Crippen LogP contribution in [0.5, 0.6) is 5.75 Å². The number of carbonyl (C=O) groups is 3. The lowest BCUT2D eigenvalue weighted by molar-refractivity contribution is -0.271. The molecule has 48 heavy (non-hydrogen) atoms. The number of aliphatic hydroxyl groups is 4. The normalized spacial score (nSPS) is 26.0. The van der Waals surface area contributed by atoms with E-state index < -0.39 is 60.4 Å². The summed E-state index contributed by atoms with van der Waals surface area (Å²) in [4.78, 5) is 51.1. The topological polar surface area (TPSA) is 235 Å². The Labute approximate surface area is 267 Å². The summed E-state index contributed by atoms with van der Waals surface area (Å²) in [7, 11) is 0. The number of ether oxygens (including phenoxy) is 3. The molecule has 6 atom stereocenters. The predicted octanol–water partition coefficient (Wildman–Crippen LogP) is 0.546. The summed E-state index contributed by atoms with van der Waals surface area (Å²) in [5.74, 6) is -4.88. The van der Waals surface area contributed by atoms with E-state index >= 15 is 0 Å². The van der Waals surface area contributed by atoms with Crippen LogP contribution in [0.1, 0.15) is 42.5 Å². The Hall–Kier alpha value is -4.62. The van der Waals surface area contributed by atoms with Crippen molar-refractivity contribution < 1.29 is 72.4 Å². The standard InChI is InChI=1S/C28H28N2O11.C2HF3O2/c1-3-12-13-7-11(40-26-22(33)20(31)21(32)23(41-26)25(35)36)5-6-17(13)29-19-14(12)9-30-18(19)8-16-15(24(30)34)10-39-27(37)28(16,38)4-2;3-2(4,5)1(6)7/h5-8,20-23,26,31-33,38H,3-4,9-10H2,1-2H3,(H,35,36);(H,6,7)/t20-,21-,22+,23-,26+,28-;/m0./s1. The molecule has 2 aromatic heterocycles. The van der Waals surface area contributed by atoms with E-state index in [9.17, 15) is 53.1 Å². The van der Waals surface area contributed by atoms with Crippen LogP contribution in [0.25, 0.3) is 22.3 Å². The van der Waals surface area contributed by atoms with Gasteiger partial charge in [-0.2, -0.15) is 13.2 Å². The molecule has 6 N–H and O–H groups in total. The first-order valence-corrected chi connectivity index (χ1v) is 14.5. The van der Waals surface area contributed by atoms with E-state index in [1.807, 2.05) is 6.92 Å². The molecule has 1 fully saturated rings. The van der Waals surface area contributed by atoms with Gasteiger partial charge in [0, 0.05) is 16.5 Å².